The molecule has 1 aliphatic carbocycles. The highest BCUT2D eigenvalue weighted by atomic mass is 16.5. The summed E-state index contributed by atoms with van der Waals surface area (Å²) in [5, 5.41) is 9.47. The van der Waals surface area contributed by atoms with Crippen LogP contribution < -0.4 is 0 Å². The van der Waals surface area contributed by atoms with Gasteiger partial charge in [-0.3, -0.25) is 9.59 Å². The first-order chi connectivity index (χ1) is 8.84. The van der Waals surface area contributed by atoms with Crippen LogP contribution in [0, 0.1) is 5.41 Å². The Morgan fingerprint density at radius 1 is 1.16 bits per heavy atom. The predicted octanol–water partition coefficient (Wildman–Crippen LogP) is 2.31. The summed E-state index contributed by atoms with van der Waals surface area (Å²) in [7, 11) is 0. The molecule has 0 spiro atoms. The maximum atomic E-state index is 12.3. The predicted molar refractivity (Wildman–Crippen MR) is 68.7 cm³/mol. The van der Waals surface area contributed by atoms with Crippen LogP contribution >= 0.6 is 0 Å². The van der Waals surface area contributed by atoms with Crippen molar-refractivity contribution in [1.29, 1.82) is 0 Å². The van der Waals surface area contributed by atoms with Crippen LogP contribution in [0.15, 0.2) is 23.8 Å². The molecule has 0 bridgehead atoms. The van der Waals surface area contributed by atoms with Gasteiger partial charge in [0.2, 0.25) is 11.6 Å². The van der Waals surface area contributed by atoms with Gasteiger partial charge in [-0.15, -0.1) is 0 Å². The Labute approximate surface area is 110 Å². The van der Waals surface area contributed by atoms with Crippen molar-refractivity contribution in [2.75, 3.05) is 0 Å². The standard InChI is InChI=1S/C15H14O4/c1-7-15(2,3)11-13(18)12(17)10-6-8(16)4-5-9(10)14(11)19-7/h4-7,16H,1-3H3. The van der Waals surface area contributed by atoms with E-state index in [2.05, 4.69) is 0 Å². The molecule has 0 radical (unpaired) electrons. The maximum Gasteiger partial charge on any atom is 0.234 e. The number of aromatic hydroxyl groups is 1. The van der Waals surface area contributed by atoms with E-state index in [1.807, 2.05) is 20.8 Å². The molecule has 1 aliphatic heterocycles. The number of rotatable bonds is 0. The number of phenolic OH excluding ortho intramolecular Hbond substituents is 1. The highest BCUT2D eigenvalue weighted by Crippen LogP contribution is 2.49. The van der Waals surface area contributed by atoms with Gasteiger partial charge in [-0.2, -0.15) is 0 Å². The molecule has 1 heterocycles. The molecule has 2 aliphatic rings. The molecule has 1 unspecified atom stereocenters. The summed E-state index contributed by atoms with van der Waals surface area (Å²) in [6.45, 7) is 5.68. The fourth-order valence-corrected chi connectivity index (χ4v) is 2.63. The third-order valence-electron chi connectivity index (χ3n) is 4.11. The summed E-state index contributed by atoms with van der Waals surface area (Å²) in [6.07, 6.45) is -0.172. The average molecular weight is 258 g/mol. The van der Waals surface area contributed by atoms with Crippen LogP contribution in [0.4, 0.5) is 0 Å². The molecule has 19 heavy (non-hydrogen) atoms. The Hall–Kier alpha value is -2.10. The second kappa shape index (κ2) is 3.47. The number of carbonyl (C=O) groups excluding carboxylic acids is 2. The largest absolute Gasteiger partial charge is 0.508 e. The molecule has 1 atom stereocenters. The Morgan fingerprint density at radius 2 is 1.84 bits per heavy atom. The molecular formula is C15H14O4. The number of carbonyl (C=O) groups is 2. The van der Waals surface area contributed by atoms with Crippen LogP contribution in [0.25, 0.3) is 5.76 Å². The Balaban J connectivity index is 2.32. The van der Waals surface area contributed by atoms with Crippen molar-refractivity contribution in [3.63, 3.8) is 0 Å². The summed E-state index contributed by atoms with van der Waals surface area (Å²) in [4.78, 5) is 24.4. The summed E-state index contributed by atoms with van der Waals surface area (Å²) in [5.41, 5.74) is 0.768. The number of Topliss-reactive ketones (excluding diaryl/α,β-unsaturated/α-hetero) is 2. The zero-order valence-electron chi connectivity index (χ0n) is 11.0. The second-order valence-electron chi connectivity index (χ2n) is 5.57. The topological polar surface area (TPSA) is 63.6 Å². The van der Waals surface area contributed by atoms with E-state index in [1.165, 1.54) is 12.1 Å². The Bertz CT molecular complexity index is 652. The first-order valence-corrected chi connectivity index (χ1v) is 6.18. The number of hydrogen-bond donors (Lipinski definition) is 1. The van der Waals surface area contributed by atoms with Gasteiger partial charge in [0.05, 0.1) is 5.57 Å². The molecule has 0 aromatic heterocycles. The van der Waals surface area contributed by atoms with Crippen LogP contribution in [0.3, 0.4) is 0 Å². The number of ketones is 2. The molecule has 1 aromatic rings. The zero-order valence-corrected chi connectivity index (χ0v) is 11.0. The van der Waals surface area contributed by atoms with Crippen molar-refractivity contribution in [2.24, 2.45) is 5.41 Å². The lowest BCUT2D eigenvalue weighted by molar-refractivity contribution is -0.112. The third-order valence-corrected chi connectivity index (χ3v) is 4.11. The van der Waals surface area contributed by atoms with Crippen molar-refractivity contribution in [1.82, 2.24) is 0 Å². The molecule has 3 rings (SSSR count). The van der Waals surface area contributed by atoms with Crippen molar-refractivity contribution in [2.45, 2.75) is 26.9 Å². The SMILES string of the molecule is CC1OC2=C(C(=O)C(=O)c3cc(O)ccc32)C1(C)C. The molecule has 1 N–H and O–H groups in total. The highest BCUT2D eigenvalue weighted by Gasteiger charge is 2.49. The lowest BCUT2D eigenvalue weighted by Gasteiger charge is -2.24. The van der Waals surface area contributed by atoms with Crippen molar-refractivity contribution >= 4 is 17.3 Å². The molecule has 98 valence electrons. The van der Waals surface area contributed by atoms with Gasteiger partial charge >= 0.3 is 0 Å². The van der Waals surface area contributed by atoms with Gasteiger partial charge in [-0.05, 0) is 25.1 Å². The normalized spacial score (nSPS) is 24.1. The van der Waals surface area contributed by atoms with E-state index in [0.717, 1.165) is 0 Å². The zero-order chi connectivity index (χ0) is 13.9. The second-order valence-corrected chi connectivity index (χ2v) is 5.57. The first-order valence-electron chi connectivity index (χ1n) is 6.18. The number of ether oxygens (including phenoxy) is 1. The third kappa shape index (κ3) is 1.40. The summed E-state index contributed by atoms with van der Waals surface area (Å²) in [5.74, 6) is -0.649. The van der Waals surface area contributed by atoms with Crippen molar-refractivity contribution < 1.29 is 19.4 Å². The molecular weight excluding hydrogens is 244 g/mol. The average Bonchev–Trinajstić information content (AvgIpc) is 2.58. The molecule has 4 nitrogen and oxygen atoms in total. The van der Waals surface area contributed by atoms with Gasteiger partial charge in [0.1, 0.15) is 17.6 Å². The van der Waals surface area contributed by atoms with Crippen LogP contribution in [-0.2, 0) is 9.53 Å². The van der Waals surface area contributed by atoms with Gasteiger partial charge in [0.25, 0.3) is 0 Å². The molecule has 4 heteroatoms. The van der Waals surface area contributed by atoms with Crippen molar-refractivity contribution in [3.05, 3.63) is 34.9 Å². The number of benzene rings is 1. The van der Waals surface area contributed by atoms with Gasteiger partial charge < -0.3 is 9.84 Å². The Morgan fingerprint density at radius 3 is 2.53 bits per heavy atom. The van der Waals surface area contributed by atoms with Crippen LogP contribution in [0.2, 0.25) is 0 Å². The van der Waals surface area contributed by atoms with E-state index in [1.54, 1.807) is 6.07 Å². The van der Waals surface area contributed by atoms with E-state index in [9.17, 15) is 14.7 Å². The van der Waals surface area contributed by atoms with E-state index in [-0.39, 0.29) is 17.4 Å². The Kier molecular flexibility index (Phi) is 2.18. The van der Waals surface area contributed by atoms with Crippen LogP contribution in [-0.4, -0.2) is 22.8 Å². The summed E-state index contributed by atoms with van der Waals surface area (Å²) in [6, 6.07) is 4.43. The minimum atomic E-state index is -0.574. The maximum absolute atomic E-state index is 12.3. The monoisotopic (exact) mass is 258 g/mol. The molecule has 0 saturated carbocycles. The van der Waals surface area contributed by atoms with Crippen LogP contribution in [0.1, 0.15) is 36.7 Å². The van der Waals surface area contributed by atoms with E-state index in [4.69, 9.17) is 4.74 Å². The summed E-state index contributed by atoms with van der Waals surface area (Å²) < 4.78 is 5.79. The number of fused-ring (bicyclic) bond motifs is 2. The molecule has 0 amide bonds. The molecule has 1 aromatic carbocycles. The van der Waals surface area contributed by atoms with Gasteiger partial charge in [0.15, 0.2) is 0 Å². The van der Waals surface area contributed by atoms with Gasteiger partial charge in [0, 0.05) is 16.5 Å². The minimum Gasteiger partial charge on any atom is -0.508 e. The van der Waals surface area contributed by atoms with E-state index >= 15 is 0 Å². The smallest absolute Gasteiger partial charge is 0.234 e. The fraction of sp³-hybridized carbons (Fsp3) is 0.333. The molecule has 0 fully saturated rings. The molecule has 0 saturated heterocycles. The van der Waals surface area contributed by atoms with Gasteiger partial charge in [-0.1, -0.05) is 13.8 Å². The van der Waals surface area contributed by atoms with Crippen LogP contribution in [0.5, 0.6) is 5.75 Å². The first kappa shape index (κ1) is 12.0. The van der Waals surface area contributed by atoms with E-state index in [0.29, 0.717) is 16.9 Å². The lowest BCUT2D eigenvalue weighted by atomic mass is 9.74. The number of hydrogen-bond acceptors (Lipinski definition) is 4. The fourth-order valence-electron chi connectivity index (χ4n) is 2.63. The summed E-state index contributed by atoms with van der Waals surface area (Å²) >= 11 is 0. The quantitative estimate of drug-likeness (QED) is 0.725. The highest BCUT2D eigenvalue weighted by molar-refractivity contribution is 6.52. The number of phenols is 1. The van der Waals surface area contributed by atoms with Crippen molar-refractivity contribution in [3.8, 4) is 5.75 Å². The lowest BCUT2D eigenvalue weighted by Crippen LogP contribution is -2.32. The minimum absolute atomic E-state index is 0.0331. The van der Waals surface area contributed by atoms with E-state index < -0.39 is 17.0 Å². The van der Waals surface area contributed by atoms with Gasteiger partial charge in [-0.25, -0.2) is 0 Å².